The SMILES string of the molecule is Cc1ccc(NC(=O)CN2CCC(Cn3c(COc4ccccc4)nc4ccccc43)CC2)cc1. The lowest BCUT2D eigenvalue weighted by Crippen LogP contribution is -2.40. The summed E-state index contributed by atoms with van der Waals surface area (Å²) < 4.78 is 8.35. The van der Waals surface area contributed by atoms with Crippen LogP contribution in [-0.2, 0) is 17.9 Å². The van der Waals surface area contributed by atoms with Crippen LogP contribution in [0.15, 0.2) is 78.9 Å². The quantitative estimate of drug-likeness (QED) is 0.383. The number of ether oxygens (including phenoxy) is 1. The van der Waals surface area contributed by atoms with Gasteiger partial charge in [0.25, 0.3) is 0 Å². The minimum absolute atomic E-state index is 0.0493. The van der Waals surface area contributed by atoms with Crippen molar-refractivity contribution in [1.29, 1.82) is 0 Å². The molecule has 1 fully saturated rings. The molecule has 0 spiro atoms. The normalized spacial score (nSPS) is 14.8. The molecule has 1 aliphatic rings. The summed E-state index contributed by atoms with van der Waals surface area (Å²) in [5.41, 5.74) is 4.20. The van der Waals surface area contributed by atoms with E-state index in [1.807, 2.05) is 67.6 Å². The van der Waals surface area contributed by atoms with Crippen LogP contribution in [0.2, 0.25) is 0 Å². The van der Waals surface area contributed by atoms with Crippen LogP contribution in [0.4, 0.5) is 5.69 Å². The number of anilines is 1. The van der Waals surface area contributed by atoms with Crippen molar-refractivity contribution in [3.05, 3.63) is 90.3 Å². The van der Waals surface area contributed by atoms with Crippen molar-refractivity contribution in [2.45, 2.75) is 32.9 Å². The molecule has 4 aromatic rings. The minimum atomic E-state index is 0.0493. The zero-order chi connectivity index (χ0) is 24.0. The molecule has 0 unspecified atom stereocenters. The number of nitrogens with one attached hydrogen (secondary N) is 1. The van der Waals surface area contributed by atoms with Crippen LogP contribution in [-0.4, -0.2) is 40.0 Å². The molecule has 0 bridgehead atoms. The van der Waals surface area contributed by atoms with E-state index in [-0.39, 0.29) is 5.91 Å². The first-order valence-corrected chi connectivity index (χ1v) is 12.3. The van der Waals surface area contributed by atoms with Crippen LogP contribution in [0.3, 0.4) is 0 Å². The average Bonchev–Trinajstić information content (AvgIpc) is 3.23. The molecule has 1 aliphatic heterocycles. The summed E-state index contributed by atoms with van der Waals surface area (Å²) in [6, 6.07) is 26.1. The summed E-state index contributed by atoms with van der Waals surface area (Å²) in [4.78, 5) is 19.6. The van der Waals surface area contributed by atoms with E-state index in [0.717, 1.165) is 60.8 Å². The van der Waals surface area contributed by atoms with Gasteiger partial charge in [-0.2, -0.15) is 0 Å². The van der Waals surface area contributed by atoms with Crippen LogP contribution >= 0.6 is 0 Å². The molecular formula is C29H32N4O2. The first-order chi connectivity index (χ1) is 17.1. The van der Waals surface area contributed by atoms with E-state index in [1.165, 1.54) is 5.56 Å². The lowest BCUT2D eigenvalue weighted by molar-refractivity contribution is -0.117. The second-order valence-corrected chi connectivity index (χ2v) is 9.36. The van der Waals surface area contributed by atoms with Crippen molar-refractivity contribution in [2.75, 3.05) is 25.0 Å². The number of imidazole rings is 1. The molecule has 6 heteroatoms. The molecular weight excluding hydrogens is 436 g/mol. The average molecular weight is 469 g/mol. The predicted molar refractivity (Wildman–Crippen MR) is 139 cm³/mol. The highest BCUT2D eigenvalue weighted by molar-refractivity contribution is 5.92. The highest BCUT2D eigenvalue weighted by Gasteiger charge is 2.23. The number of piperidine rings is 1. The molecule has 0 aliphatic carbocycles. The molecule has 1 saturated heterocycles. The van der Waals surface area contributed by atoms with Crippen molar-refractivity contribution < 1.29 is 9.53 Å². The van der Waals surface area contributed by atoms with Crippen LogP contribution in [0.5, 0.6) is 5.75 Å². The Balaban J connectivity index is 1.18. The van der Waals surface area contributed by atoms with E-state index in [9.17, 15) is 4.79 Å². The number of rotatable bonds is 8. The standard InChI is InChI=1S/C29H32N4O2/c1-22-11-13-24(14-12-22)30-29(34)20-32-17-15-23(16-18-32)19-33-27-10-6-5-9-26(27)31-28(33)21-35-25-7-3-2-4-8-25/h2-14,23H,15-21H2,1H3,(H,30,34). The van der Waals surface area contributed by atoms with Gasteiger partial charge in [0.1, 0.15) is 18.2 Å². The number of benzene rings is 3. The number of aromatic nitrogens is 2. The lowest BCUT2D eigenvalue weighted by Gasteiger charge is -2.32. The molecule has 3 aromatic carbocycles. The fourth-order valence-electron chi connectivity index (χ4n) is 4.73. The Bertz CT molecular complexity index is 1260. The number of carbonyl (C=O) groups excluding carboxylic acids is 1. The van der Waals surface area contributed by atoms with Crippen molar-refractivity contribution in [3.8, 4) is 5.75 Å². The van der Waals surface area contributed by atoms with Gasteiger partial charge >= 0.3 is 0 Å². The Labute approximate surface area is 206 Å². The predicted octanol–water partition coefficient (Wildman–Crippen LogP) is 5.27. The smallest absolute Gasteiger partial charge is 0.238 e. The highest BCUT2D eigenvalue weighted by Crippen LogP contribution is 2.24. The second kappa shape index (κ2) is 10.7. The number of fused-ring (bicyclic) bond motifs is 1. The number of carbonyl (C=O) groups is 1. The van der Waals surface area contributed by atoms with Crippen LogP contribution in [0, 0.1) is 12.8 Å². The number of hydrogen-bond acceptors (Lipinski definition) is 4. The van der Waals surface area contributed by atoms with E-state index in [0.29, 0.717) is 19.1 Å². The topological polar surface area (TPSA) is 59.4 Å². The maximum Gasteiger partial charge on any atom is 0.238 e. The zero-order valence-corrected chi connectivity index (χ0v) is 20.2. The highest BCUT2D eigenvalue weighted by atomic mass is 16.5. The summed E-state index contributed by atoms with van der Waals surface area (Å²) in [5.74, 6) is 2.39. The van der Waals surface area contributed by atoms with Gasteiger partial charge in [-0.1, -0.05) is 48.0 Å². The lowest BCUT2D eigenvalue weighted by atomic mass is 9.96. The summed E-state index contributed by atoms with van der Waals surface area (Å²) in [5, 5.41) is 3.01. The van der Waals surface area contributed by atoms with Crippen molar-refractivity contribution >= 4 is 22.6 Å². The zero-order valence-electron chi connectivity index (χ0n) is 20.2. The Morgan fingerprint density at radius 3 is 2.46 bits per heavy atom. The monoisotopic (exact) mass is 468 g/mol. The van der Waals surface area contributed by atoms with Gasteiger partial charge in [-0.05, 0) is 75.2 Å². The van der Waals surface area contributed by atoms with Crippen molar-refractivity contribution in [1.82, 2.24) is 14.5 Å². The number of para-hydroxylation sites is 3. The summed E-state index contributed by atoms with van der Waals surface area (Å²) in [6.45, 7) is 5.68. The van der Waals surface area contributed by atoms with E-state index < -0.39 is 0 Å². The Morgan fingerprint density at radius 1 is 0.971 bits per heavy atom. The van der Waals surface area contributed by atoms with Crippen molar-refractivity contribution in [2.24, 2.45) is 5.92 Å². The van der Waals surface area contributed by atoms with Gasteiger partial charge in [0.15, 0.2) is 0 Å². The molecule has 5 rings (SSSR count). The van der Waals surface area contributed by atoms with Crippen LogP contribution < -0.4 is 10.1 Å². The number of aryl methyl sites for hydroxylation is 1. The van der Waals surface area contributed by atoms with E-state index in [1.54, 1.807) is 0 Å². The van der Waals surface area contributed by atoms with E-state index in [2.05, 4.69) is 33.0 Å². The van der Waals surface area contributed by atoms with E-state index in [4.69, 9.17) is 9.72 Å². The Morgan fingerprint density at radius 2 is 1.69 bits per heavy atom. The molecule has 35 heavy (non-hydrogen) atoms. The third-order valence-corrected chi connectivity index (χ3v) is 6.70. The third kappa shape index (κ3) is 5.89. The fraction of sp³-hybridized carbons (Fsp3) is 0.310. The van der Waals surface area contributed by atoms with Crippen LogP contribution in [0.25, 0.3) is 11.0 Å². The molecule has 1 amide bonds. The summed E-state index contributed by atoms with van der Waals surface area (Å²) >= 11 is 0. The molecule has 2 heterocycles. The summed E-state index contributed by atoms with van der Waals surface area (Å²) in [7, 11) is 0. The molecule has 180 valence electrons. The third-order valence-electron chi connectivity index (χ3n) is 6.70. The first-order valence-electron chi connectivity index (χ1n) is 12.3. The van der Waals surface area contributed by atoms with Crippen molar-refractivity contribution in [3.63, 3.8) is 0 Å². The molecule has 6 nitrogen and oxygen atoms in total. The molecule has 0 radical (unpaired) electrons. The molecule has 1 aromatic heterocycles. The number of amides is 1. The summed E-state index contributed by atoms with van der Waals surface area (Å²) in [6.07, 6.45) is 2.12. The van der Waals surface area contributed by atoms with Gasteiger partial charge in [-0.15, -0.1) is 0 Å². The largest absolute Gasteiger partial charge is 0.486 e. The van der Waals surface area contributed by atoms with Gasteiger partial charge in [0, 0.05) is 12.2 Å². The fourth-order valence-corrected chi connectivity index (χ4v) is 4.73. The second-order valence-electron chi connectivity index (χ2n) is 9.36. The van der Waals surface area contributed by atoms with Gasteiger partial charge in [0.2, 0.25) is 5.91 Å². The minimum Gasteiger partial charge on any atom is -0.486 e. The Kier molecular flexibility index (Phi) is 7.09. The van der Waals surface area contributed by atoms with E-state index >= 15 is 0 Å². The molecule has 1 N–H and O–H groups in total. The number of nitrogens with zero attached hydrogens (tertiary/aromatic N) is 3. The molecule has 0 saturated carbocycles. The van der Waals surface area contributed by atoms with Gasteiger partial charge < -0.3 is 14.6 Å². The number of likely N-dealkylation sites (tertiary alicyclic amines) is 1. The van der Waals surface area contributed by atoms with Crippen LogP contribution in [0.1, 0.15) is 24.2 Å². The molecule has 0 atom stereocenters. The van der Waals surface area contributed by atoms with Gasteiger partial charge in [-0.3, -0.25) is 9.69 Å². The van der Waals surface area contributed by atoms with Gasteiger partial charge in [-0.25, -0.2) is 4.98 Å². The first kappa shape index (κ1) is 23.1. The maximum absolute atomic E-state index is 12.5. The number of hydrogen-bond donors (Lipinski definition) is 1. The van der Waals surface area contributed by atoms with Gasteiger partial charge in [0.05, 0.1) is 17.6 Å². The maximum atomic E-state index is 12.5. The Hall–Kier alpha value is -3.64.